The van der Waals surface area contributed by atoms with Crippen molar-refractivity contribution in [2.75, 3.05) is 26.9 Å². The summed E-state index contributed by atoms with van der Waals surface area (Å²) in [6, 6.07) is 4.19. The zero-order valence-corrected chi connectivity index (χ0v) is 18.8. The van der Waals surface area contributed by atoms with E-state index in [1.165, 1.54) is 0 Å². The summed E-state index contributed by atoms with van der Waals surface area (Å²) in [5, 5.41) is 6.70. The van der Waals surface area contributed by atoms with Gasteiger partial charge in [-0.2, -0.15) is 0 Å². The Hall–Kier alpha value is -1.23. The minimum atomic E-state index is 0. The summed E-state index contributed by atoms with van der Waals surface area (Å²) in [6.45, 7) is 4.29. The molecule has 144 valence electrons. The Morgan fingerprint density at radius 1 is 1.42 bits per heavy atom. The third-order valence-corrected chi connectivity index (χ3v) is 4.94. The Morgan fingerprint density at radius 3 is 2.96 bits per heavy atom. The molecule has 3 rings (SSSR count). The molecule has 1 saturated heterocycles. The second-order valence-corrected chi connectivity index (χ2v) is 6.91. The van der Waals surface area contributed by atoms with Crippen LogP contribution in [0.4, 0.5) is 0 Å². The Morgan fingerprint density at radius 2 is 2.23 bits per heavy atom. The van der Waals surface area contributed by atoms with Gasteiger partial charge in [-0.15, -0.1) is 24.0 Å². The highest BCUT2D eigenvalue weighted by atomic mass is 127. The van der Waals surface area contributed by atoms with E-state index < -0.39 is 0 Å². The fraction of sp³-hybridized carbons (Fsp3) is 0.529. The topological polar surface area (TPSA) is 75.2 Å². The molecule has 9 heteroatoms. The molecule has 0 aromatic heterocycles. The first-order chi connectivity index (χ1) is 12.1. The number of hydrogen-bond donors (Lipinski definition) is 2. The molecular weight excluding hydrogens is 515 g/mol. The number of benzene rings is 1. The van der Waals surface area contributed by atoms with E-state index in [1.54, 1.807) is 7.05 Å². The highest BCUT2D eigenvalue weighted by Gasteiger charge is 2.25. The molecule has 2 aliphatic heterocycles. The molecule has 1 aromatic rings. The van der Waals surface area contributed by atoms with E-state index in [0.717, 1.165) is 47.0 Å². The number of rotatable bonds is 4. The van der Waals surface area contributed by atoms with Gasteiger partial charge < -0.3 is 25.0 Å². The molecule has 0 radical (unpaired) electrons. The summed E-state index contributed by atoms with van der Waals surface area (Å²) < 4.78 is 11.7. The van der Waals surface area contributed by atoms with Gasteiger partial charge in [-0.3, -0.25) is 9.79 Å². The summed E-state index contributed by atoms with van der Waals surface area (Å²) in [6.07, 6.45) is 1.49. The lowest BCUT2D eigenvalue weighted by Gasteiger charge is -2.19. The van der Waals surface area contributed by atoms with Crippen molar-refractivity contribution in [3.63, 3.8) is 0 Å². The maximum atomic E-state index is 11.8. The largest absolute Gasteiger partial charge is 0.454 e. The zero-order valence-electron chi connectivity index (χ0n) is 14.9. The number of halogens is 2. The number of nitrogens with zero attached hydrogens (tertiary/aromatic N) is 2. The first-order valence-electron chi connectivity index (χ1n) is 8.43. The van der Waals surface area contributed by atoms with Gasteiger partial charge in [-0.05, 0) is 40.0 Å². The number of hydrogen-bond acceptors (Lipinski definition) is 4. The number of ether oxygens (including phenoxy) is 2. The quantitative estimate of drug-likeness (QED) is 0.350. The maximum Gasteiger partial charge on any atom is 0.231 e. The van der Waals surface area contributed by atoms with Crippen molar-refractivity contribution in [1.82, 2.24) is 15.5 Å². The molecule has 1 unspecified atom stereocenters. The van der Waals surface area contributed by atoms with Gasteiger partial charge in [-0.1, -0.05) is 6.92 Å². The van der Waals surface area contributed by atoms with Crippen LogP contribution in [0, 0.1) is 0 Å². The molecule has 26 heavy (non-hydrogen) atoms. The number of nitrogens with one attached hydrogen (secondary N) is 2. The second kappa shape index (κ2) is 9.63. The van der Waals surface area contributed by atoms with Crippen LogP contribution in [0.1, 0.15) is 25.3 Å². The van der Waals surface area contributed by atoms with Crippen molar-refractivity contribution >= 4 is 51.8 Å². The number of carbonyl (C=O) groups is 1. The lowest BCUT2D eigenvalue weighted by Crippen LogP contribution is -2.44. The summed E-state index contributed by atoms with van der Waals surface area (Å²) in [7, 11) is 1.74. The molecule has 0 spiro atoms. The van der Waals surface area contributed by atoms with Gasteiger partial charge in [0.1, 0.15) is 0 Å². The Bertz CT molecular complexity index is 686. The predicted molar refractivity (Wildman–Crippen MR) is 114 cm³/mol. The van der Waals surface area contributed by atoms with Gasteiger partial charge in [0.25, 0.3) is 0 Å². The molecule has 0 saturated carbocycles. The van der Waals surface area contributed by atoms with Crippen LogP contribution >= 0.6 is 39.9 Å². The number of aliphatic imine (C=N–C) groups is 1. The van der Waals surface area contributed by atoms with Crippen LogP contribution < -0.4 is 20.1 Å². The van der Waals surface area contributed by atoms with E-state index in [-0.39, 0.29) is 42.7 Å². The van der Waals surface area contributed by atoms with Crippen LogP contribution in [0.2, 0.25) is 0 Å². The number of carbonyl (C=O) groups excluding carboxylic acids is 1. The van der Waals surface area contributed by atoms with Crippen molar-refractivity contribution in [3.05, 3.63) is 22.2 Å². The summed E-state index contributed by atoms with van der Waals surface area (Å²) in [5.41, 5.74) is 1.06. The highest BCUT2D eigenvalue weighted by Crippen LogP contribution is 2.39. The van der Waals surface area contributed by atoms with Crippen LogP contribution in [-0.2, 0) is 11.3 Å². The summed E-state index contributed by atoms with van der Waals surface area (Å²) in [4.78, 5) is 18.0. The van der Waals surface area contributed by atoms with Gasteiger partial charge in [-0.25, -0.2) is 0 Å². The number of guanidine groups is 1. The smallest absolute Gasteiger partial charge is 0.231 e. The van der Waals surface area contributed by atoms with Crippen molar-refractivity contribution in [2.45, 2.75) is 32.4 Å². The Balaban J connectivity index is 0.00000243. The van der Waals surface area contributed by atoms with Crippen LogP contribution in [-0.4, -0.2) is 49.7 Å². The van der Waals surface area contributed by atoms with Crippen LogP contribution in [0.25, 0.3) is 0 Å². The fourth-order valence-corrected chi connectivity index (χ4v) is 3.63. The zero-order chi connectivity index (χ0) is 17.8. The molecule has 1 aromatic carbocycles. The molecule has 1 fully saturated rings. The maximum absolute atomic E-state index is 11.8. The van der Waals surface area contributed by atoms with Crippen LogP contribution in [0.5, 0.6) is 11.5 Å². The van der Waals surface area contributed by atoms with E-state index in [2.05, 4.69) is 31.6 Å². The third kappa shape index (κ3) is 4.93. The first-order valence-corrected chi connectivity index (χ1v) is 9.23. The average molecular weight is 539 g/mol. The Labute approximate surface area is 179 Å². The number of amides is 1. The van der Waals surface area contributed by atoms with Crippen molar-refractivity contribution in [3.8, 4) is 11.5 Å². The molecule has 0 bridgehead atoms. The average Bonchev–Trinajstić information content (AvgIpc) is 3.27. The van der Waals surface area contributed by atoms with E-state index in [9.17, 15) is 4.79 Å². The van der Waals surface area contributed by atoms with E-state index in [0.29, 0.717) is 13.0 Å². The molecule has 0 aliphatic carbocycles. The monoisotopic (exact) mass is 538 g/mol. The lowest BCUT2D eigenvalue weighted by atomic mass is 10.2. The predicted octanol–water partition coefficient (Wildman–Crippen LogP) is 2.47. The van der Waals surface area contributed by atoms with Gasteiger partial charge >= 0.3 is 0 Å². The molecule has 2 aliphatic rings. The van der Waals surface area contributed by atoms with Crippen LogP contribution in [0.15, 0.2) is 21.6 Å². The summed E-state index contributed by atoms with van der Waals surface area (Å²) >= 11 is 3.50. The minimum absolute atomic E-state index is 0. The molecule has 2 heterocycles. The van der Waals surface area contributed by atoms with E-state index in [1.807, 2.05) is 24.0 Å². The summed E-state index contributed by atoms with van der Waals surface area (Å²) in [5.74, 6) is 2.43. The van der Waals surface area contributed by atoms with Gasteiger partial charge in [0.15, 0.2) is 17.5 Å². The van der Waals surface area contributed by atoms with Gasteiger partial charge in [0.2, 0.25) is 12.7 Å². The molecule has 1 amide bonds. The van der Waals surface area contributed by atoms with E-state index in [4.69, 9.17) is 9.47 Å². The lowest BCUT2D eigenvalue weighted by molar-refractivity contribution is -0.129. The van der Waals surface area contributed by atoms with E-state index >= 15 is 0 Å². The number of fused-ring (bicyclic) bond motifs is 1. The first kappa shape index (κ1) is 21.1. The van der Waals surface area contributed by atoms with Gasteiger partial charge in [0.05, 0.1) is 4.47 Å². The third-order valence-electron chi connectivity index (χ3n) is 4.35. The van der Waals surface area contributed by atoms with Crippen LogP contribution in [0.3, 0.4) is 0 Å². The van der Waals surface area contributed by atoms with Crippen molar-refractivity contribution < 1.29 is 14.3 Å². The second-order valence-electron chi connectivity index (χ2n) is 6.06. The SMILES string of the molecule is CCC(=O)N1CCC(NC(=NC)NCc2cc(Br)c3c(c2)OCO3)C1.I. The molecule has 1 atom stereocenters. The fourth-order valence-electron chi connectivity index (χ4n) is 3.02. The molecular formula is C17H24BrIN4O3. The minimum Gasteiger partial charge on any atom is -0.454 e. The standard InChI is InChI=1S/C17H23BrN4O3.HI/c1-3-15(23)22-5-4-12(9-22)21-17(19-2)20-8-11-6-13(18)16-14(7-11)24-10-25-16;/h6-7,12H,3-5,8-10H2,1-2H3,(H2,19,20,21);1H. The van der Waals surface area contributed by atoms with Crippen molar-refractivity contribution in [1.29, 1.82) is 0 Å². The number of likely N-dealkylation sites (tertiary alicyclic amines) is 1. The highest BCUT2D eigenvalue weighted by molar-refractivity contribution is 14.0. The van der Waals surface area contributed by atoms with Gasteiger partial charge in [0, 0.05) is 39.1 Å². The molecule has 7 nitrogen and oxygen atoms in total. The molecule has 2 N–H and O–H groups in total. The normalized spacial score (nSPS) is 18.5. The Kier molecular flexibility index (Phi) is 7.81. The van der Waals surface area contributed by atoms with Crippen molar-refractivity contribution in [2.24, 2.45) is 4.99 Å².